The molecular weight excluding hydrogens is 299 g/mol. The van der Waals surface area contributed by atoms with Crippen molar-refractivity contribution in [2.45, 2.75) is 33.4 Å². The van der Waals surface area contributed by atoms with E-state index in [-0.39, 0.29) is 17.3 Å². The van der Waals surface area contributed by atoms with Gasteiger partial charge in [0.25, 0.3) is 0 Å². The predicted octanol–water partition coefficient (Wildman–Crippen LogP) is 3.42. The average molecular weight is 320 g/mol. The van der Waals surface area contributed by atoms with Gasteiger partial charge in [0.15, 0.2) is 5.11 Å². The van der Waals surface area contributed by atoms with Gasteiger partial charge >= 0.3 is 0 Å². The molecule has 0 spiro atoms. The highest BCUT2D eigenvalue weighted by molar-refractivity contribution is 7.80. The second-order valence-electron chi connectivity index (χ2n) is 6.23. The largest absolute Gasteiger partial charge is 0.357 e. The van der Waals surface area contributed by atoms with E-state index in [2.05, 4.69) is 36.5 Å². The number of thiocarbonyl (C=S) groups is 1. The van der Waals surface area contributed by atoms with E-state index < -0.39 is 0 Å². The summed E-state index contributed by atoms with van der Waals surface area (Å²) in [6, 6.07) is 8.40. The van der Waals surface area contributed by atoms with Crippen LogP contribution in [-0.4, -0.2) is 20.9 Å². The molecule has 1 atom stereocenters. The summed E-state index contributed by atoms with van der Waals surface area (Å²) < 4.78 is 15.5. The standard InChI is InChI=1S/C16H21FN4S/c1-16(2,3)14(11-21-10-6-9-18-21)20-15(22)19-13-8-5-4-7-12(13)17/h4-10,14H,11H2,1-3H3,(H2,19,20,22). The summed E-state index contributed by atoms with van der Waals surface area (Å²) in [6.45, 7) is 7.05. The first-order valence-corrected chi connectivity index (χ1v) is 7.56. The van der Waals surface area contributed by atoms with Gasteiger partial charge in [0.1, 0.15) is 5.82 Å². The third-order valence-electron chi connectivity index (χ3n) is 3.40. The van der Waals surface area contributed by atoms with E-state index in [1.165, 1.54) is 6.07 Å². The molecule has 0 aliphatic rings. The first-order chi connectivity index (χ1) is 10.4. The number of para-hydroxylation sites is 1. The van der Waals surface area contributed by atoms with Crippen molar-refractivity contribution < 1.29 is 4.39 Å². The van der Waals surface area contributed by atoms with Crippen molar-refractivity contribution >= 4 is 23.0 Å². The minimum atomic E-state index is -0.328. The quantitative estimate of drug-likeness (QED) is 0.847. The monoisotopic (exact) mass is 320 g/mol. The summed E-state index contributed by atoms with van der Waals surface area (Å²) in [5.74, 6) is -0.328. The number of rotatable bonds is 4. The van der Waals surface area contributed by atoms with Crippen LogP contribution in [0.3, 0.4) is 0 Å². The van der Waals surface area contributed by atoms with Crippen LogP contribution in [0, 0.1) is 11.2 Å². The van der Waals surface area contributed by atoms with Crippen LogP contribution in [0.2, 0.25) is 0 Å². The zero-order valence-corrected chi connectivity index (χ0v) is 13.8. The maximum absolute atomic E-state index is 13.7. The zero-order valence-electron chi connectivity index (χ0n) is 13.0. The maximum Gasteiger partial charge on any atom is 0.171 e. The molecule has 2 rings (SSSR count). The third-order valence-corrected chi connectivity index (χ3v) is 3.62. The molecule has 6 heteroatoms. The average Bonchev–Trinajstić information content (AvgIpc) is 2.92. The molecule has 1 heterocycles. The molecule has 0 aliphatic carbocycles. The van der Waals surface area contributed by atoms with Gasteiger partial charge in [-0.3, -0.25) is 4.68 Å². The summed E-state index contributed by atoms with van der Waals surface area (Å²) in [7, 11) is 0. The Morgan fingerprint density at radius 3 is 2.64 bits per heavy atom. The van der Waals surface area contributed by atoms with E-state index in [1.807, 2.05) is 16.9 Å². The molecule has 2 aromatic rings. The Kier molecular flexibility index (Phi) is 5.13. The molecule has 0 saturated heterocycles. The van der Waals surface area contributed by atoms with Crippen LogP contribution in [0.5, 0.6) is 0 Å². The molecule has 22 heavy (non-hydrogen) atoms. The van der Waals surface area contributed by atoms with Crippen LogP contribution in [0.15, 0.2) is 42.7 Å². The molecule has 0 amide bonds. The molecule has 0 radical (unpaired) electrons. The fourth-order valence-electron chi connectivity index (χ4n) is 2.01. The highest BCUT2D eigenvalue weighted by Gasteiger charge is 2.26. The van der Waals surface area contributed by atoms with Crippen LogP contribution < -0.4 is 10.6 Å². The van der Waals surface area contributed by atoms with E-state index in [0.717, 1.165) is 0 Å². The van der Waals surface area contributed by atoms with Gasteiger partial charge in [0.05, 0.1) is 18.3 Å². The molecule has 4 nitrogen and oxygen atoms in total. The minimum absolute atomic E-state index is 0.0348. The Morgan fingerprint density at radius 2 is 2.05 bits per heavy atom. The van der Waals surface area contributed by atoms with Gasteiger partial charge in [0.2, 0.25) is 0 Å². The van der Waals surface area contributed by atoms with Gasteiger partial charge in [-0.2, -0.15) is 5.10 Å². The van der Waals surface area contributed by atoms with Gasteiger partial charge < -0.3 is 10.6 Å². The van der Waals surface area contributed by atoms with E-state index in [9.17, 15) is 4.39 Å². The SMILES string of the molecule is CC(C)(C)C(Cn1cccn1)NC(=S)Nc1ccccc1F. The molecule has 0 aliphatic heterocycles. The van der Waals surface area contributed by atoms with Crippen molar-refractivity contribution in [1.29, 1.82) is 0 Å². The van der Waals surface area contributed by atoms with E-state index in [1.54, 1.807) is 24.4 Å². The van der Waals surface area contributed by atoms with Crippen molar-refractivity contribution in [3.8, 4) is 0 Å². The Labute approximate surface area is 135 Å². The maximum atomic E-state index is 13.7. The zero-order chi connectivity index (χ0) is 16.2. The molecule has 0 bridgehead atoms. The Bertz CT molecular complexity index is 619. The lowest BCUT2D eigenvalue weighted by Crippen LogP contribution is -2.48. The molecule has 0 saturated carbocycles. The fourth-order valence-corrected chi connectivity index (χ4v) is 2.26. The number of nitrogens with one attached hydrogen (secondary N) is 2. The van der Waals surface area contributed by atoms with E-state index in [0.29, 0.717) is 17.3 Å². The van der Waals surface area contributed by atoms with Crippen molar-refractivity contribution in [2.24, 2.45) is 5.41 Å². The Hall–Kier alpha value is -1.95. The van der Waals surface area contributed by atoms with Crippen LogP contribution >= 0.6 is 12.2 Å². The summed E-state index contributed by atoms with van der Waals surface area (Å²) in [5, 5.41) is 10.8. The fraction of sp³-hybridized carbons (Fsp3) is 0.375. The number of hydrogen-bond acceptors (Lipinski definition) is 2. The number of benzene rings is 1. The highest BCUT2D eigenvalue weighted by atomic mass is 32.1. The summed E-state index contributed by atoms with van der Waals surface area (Å²) >= 11 is 5.32. The van der Waals surface area contributed by atoms with Crippen molar-refractivity contribution in [3.05, 3.63) is 48.5 Å². The van der Waals surface area contributed by atoms with Crippen LogP contribution in [0.4, 0.5) is 10.1 Å². The number of aromatic nitrogens is 2. The normalized spacial score (nSPS) is 12.7. The van der Waals surface area contributed by atoms with Crippen LogP contribution in [-0.2, 0) is 6.54 Å². The van der Waals surface area contributed by atoms with E-state index >= 15 is 0 Å². The van der Waals surface area contributed by atoms with Gasteiger partial charge in [0, 0.05) is 12.4 Å². The third kappa shape index (κ3) is 4.53. The number of hydrogen-bond donors (Lipinski definition) is 2. The van der Waals surface area contributed by atoms with Gasteiger partial charge in [-0.25, -0.2) is 4.39 Å². The first-order valence-electron chi connectivity index (χ1n) is 7.16. The first kappa shape index (κ1) is 16.4. The van der Waals surface area contributed by atoms with E-state index in [4.69, 9.17) is 12.2 Å². The molecule has 1 unspecified atom stereocenters. The molecule has 118 valence electrons. The molecule has 0 fully saturated rings. The highest BCUT2D eigenvalue weighted by Crippen LogP contribution is 2.21. The lowest BCUT2D eigenvalue weighted by molar-refractivity contribution is 0.262. The Balaban J connectivity index is 2.04. The van der Waals surface area contributed by atoms with Crippen molar-refractivity contribution in [1.82, 2.24) is 15.1 Å². The Morgan fingerprint density at radius 1 is 1.32 bits per heavy atom. The predicted molar refractivity (Wildman–Crippen MR) is 91.2 cm³/mol. The van der Waals surface area contributed by atoms with Gasteiger partial charge in [-0.1, -0.05) is 32.9 Å². The molecule has 1 aromatic carbocycles. The van der Waals surface area contributed by atoms with Crippen molar-refractivity contribution in [3.63, 3.8) is 0 Å². The minimum Gasteiger partial charge on any atom is -0.357 e. The summed E-state index contributed by atoms with van der Waals surface area (Å²) in [6.07, 6.45) is 3.66. The molecule has 1 aromatic heterocycles. The second-order valence-corrected chi connectivity index (χ2v) is 6.63. The summed E-state index contributed by atoms with van der Waals surface area (Å²) in [5.41, 5.74) is 0.333. The summed E-state index contributed by atoms with van der Waals surface area (Å²) in [4.78, 5) is 0. The van der Waals surface area contributed by atoms with Crippen molar-refractivity contribution in [2.75, 3.05) is 5.32 Å². The molecule has 2 N–H and O–H groups in total. The lowest BCUT2D eigenvalue weighted by Gasteiger charge is -2.32. The van der Waals surface area contributed by atoms with Gasteiger partial charge in [-0.05, 0) is 35.8 Å². The van der Waals surface area contributed by atoms with Gasteiger partial charge in [-0.15, -0.1) is 0 Å². The number of anilines is 1. The van der Waals surface area contributed by atoms with Crippen LogP contribution in [0.1, 0.15) is 20.8 Å². The lowest BCUT2D eigenvalue weighted by atomic mass is 9.87. The smallest absolute Gasteiger partial charge is 0.171 e. The number of halogens is 1. The molecular formula is C16H21FN4S. The topological polar surface area (TPSA) is 41.9 Å². The van der Waals surface area contributed by atoms with Crippen LogP contribution in [0.25, 0.3) is 0 Å². The number of nitrogens with zero attached hydrogens (tertiary/aromatic N) is 2. The second kappa shape index (κ2) is 6.87.